The zero-order chi connectivity index (χ0) is 17.9. The van der Waals surface area contributed by atoms with Crippen LogP contribution in [0.5, 0.6) is 0 Å². The van der Waals surface area contributed by atoms with Crippen molar-refractivity contribution in [3.8, 4) is 0 Å². The van der Waals surface area contributed by atoms with Gasteiger partial charge in [0.2, 0.25) is 5.91 Å². The molecule has 1 aliphatic rings. The normalized spacial score (nSPS) is 20.5. The molecule has 0 saturated heterocycles. The zero-order valence-corrected chi connectivity index (χ0v) is 14.3. The van der Waals surface area contributed by atoms with Crippen molar-refractivity contribution in [2.24, 2.45) is 5.92 Å². The second-order valence-corrected chi connectivity index (χ2v) is 6.74. The van der Waals surface area contributed by atoms with E-state index in [0.29, 0.717) is 25.8 Å². The number of pyridine rings is 1. The number of hydrogen-bond donors (Lipinski definition) is 2. The Morgan fingerprint density at radius 1 is 1.23 bits per heavy atom. The molecule has 7 nitrogen and oxygen atoms in total. The Morgan fingerprint density at radius 2 is 2.04 bits per heavy atom. The molecule has 0 spiro atoms. The molecule has 4 rings (SSSR count). The van der Waals surface area contributed by atoms with Gasteiger partial charge in [-0.25, -0.2) is 4.68 Å². The lowest BCUT2D eigenvalue weighted by molar-refractivity contribution is -0.123. The number of carbonyl (C=O) groups is 1. The molecule has 0 bridgehead atoms. The third-order valence-corrected chi connectivity index (χ3v) is 4.91. The van der Waals surface area contributed by atoms with E-state index in [-0.39, 0.29) is 24.0 Å². The third-order valence-electron chi connectivity index (χ3n) is 4.91. The van der Waals surface area contributed by atoms with E-state index in [0.717, 1.165) is 16.7 Å². The number of nitrogens with one attached hydrogen (secondary N) is 1. The smallest absolute Gasteiger partial charge is 0.222 e. The Balaban J connectivity index is 1.42. The van der Waals surface area contributed by atoms with E-state index in [1.54, 1.807) is 10.9 Å². The van der Waals surface area contributed by atoms with Crippen LogP contribution in [0.3, 0.4) is 0 Å². The number of benzene rings is 1. The summed E-state index contributed by atoms with van der Waals surface area (Å²) in [5.74, 6) is 0.165. The number of aliphatic hydroxyl groups is 1. The van der Waals surface area contributed by atoms with E-state index >= 15 is 0 Å². The molecule has 2 aromatic heterocycles. The molecule has 134 valence electrons. The van der Waals surface area contributed by atoms with Gasteiger partial charge in [0.25, 0.3) is 0 Å². The van der Waals surface area contributed by atoms with Crippen molar-refractivity contribution in [2.75, 3.05) is 0 Å². The highest BCUT2D eigenvalue weighted by Crippen LogP contribution is 2.37. The molecule has 26 heavy (non-hydrogen) atoms. The molecule has 1 fully saturated rings. The van der Waals surface area contributed by atoms with Crippen LogP contribution >= 0.6 is 0 Å². The molecule has 1 aliphatic carbocycles. The topological polar surface area (TPSA) is 92.9 Å². The highest BCUT2D eigenvalue weighted by Gasteiger charge is 2.36. The first kappa shape index (κ1) is 16.7. The number of carbonyl (C=O) groups excluding carboxylic acids is 1. The quantitative estimate of drug-likeness (QED) is 0.707. The van der Waals surface area contributed by atoms with E-state index in [2.05, 4.69) is 20.6 Å². The standard InChI is InChI=1S/C19H21N5O2/c25-14-11-13(12-14)19(16-6-3-4-9-20-16)21-18(26)8-10-24-17-7-2-1-5-15(17)22-23-24/h1-7,9,13-14,19,25H,8,10-12H2,(H,21,26). The van der Waals surface area contributed by atoms with Crippen molar-refractivity contribution >= 4 is 16.9 Å². The van der Waals surface area contributed by atoms with Gasteiger partial charge in [-0.1, -0.05) is 23.4 Å². The minimum absolute atomic E-state index is 0.0541. The molecular weight excluding hydrogens is 330 g/mol. The van der Waals surface area contributed by atoms with Crippen LogP contribution in [0.4, 0.5) is 0 Å². The maximum atomic E-state index is 12.5. The summed E-state index contributed by atoms with van der Waals surface area (Å²) in [5, 5.41) is 20.9. The fourth-order valence-corrected chi connectivity index (χ4v) is 3.43. The van der Waals surface area contributed by atoms with Gasteiger partial charge in [0.1, 0.15) is 5.52 Å². The number of amides is 1. The molecular formula is C19H21N5O2. The first-order valence-corrected chi connectivity index (χ1v) is 8.87. The summed E-state index contributed by atoms with van der Waals surface area (Å²) in [7, 11) is 0. The van der Waals surface area contributed by atoms with Crippen LogP contribution in [0, 0.1) is 5.92 Å². The van der Waals surface area contributed by atoms with Crippen molar-refractivity contribution in [1.29, 1.82) is 0 Å². The van der Waals surface area contributed by atoms with Crippen LogP contribution in [-0.2, 0) is 11.3 Å². The molecule has 0 aliphatic heterocycles. The number of aryl methyl sites for hydroxylation is 1. The molecule has 1 atom stereocenters. The number of aliphatic hydroxyl groups excluding tert-OH is 1. The van der Waals surface area contributed by atoms with Crippen molar-refractivity contribution in [2.45, 2.75) is 38.0 Å². The van der Waals surface area contributed by atoms with Crippen molar-refractivity contribution in [3.63, 3.8) is 0 Å². The minimum Gasteiger partial charge on any atom is -0.393 e. The Hall–Kier alpha value is -2.80. The lowest BCUT2D eigenvalue weighted by Gasteiger charge is -2.37. The van der Waals surface area contributed by atoms with Crippen LogP contribution in [0.2, 0.25) is 0 Å². The van der Waals surface area contributed by atoms with E-state index < -0.39 is 0 Å². The van der Waals surface area contributed by atoms with Crippen LogP contribution in [-0.4, -0.2) is 37.1 Å². The van der Waals surface area contributed by atoms with Crippen LogP contribution in [0.1, 0.15) is 31.0 Å². The number of aromatic nitrogens is 4. The number of para-hydroxylation sites is 1. The van der Waals surface area contributed by atoms with Gasteiger partial charge in [-0.15, -0.1) is 5.10 Å². The Kier molecular flexibility index (Phi) is 4.62. The zero-order valence-electron chi connectivity index (χ0n) is 14.3. The van der Waals surface area contributed by atoms with Crippen LogP contribution in [0.15, 0.2) is 48.7 Å². The lowest BCUT2D eigenvalue weighted by Crippen LogP contribution is -2.42. The lowest BCUT2D eigenvalue weighted by atomic mass is 9.76. The summed E-state index contributed by atoms with van der Waals surface area (Å²) in [6.45, 7) is 0.467. The van der Waals surface area contributed by atoms with Crippen molar-refractivity contribution < 1.29 is 9.90 Å². The SMILES string of the molecule is O=C(CCn1nnc2ccccc21)NC(c1ccccn1)C1CC(O)C1. The Morgan fingerprint density at radius 3 is 2.81 bits per heavy atom. The van der Waals surface area contributed by atoms with Gasteiger partial charge in [0.15, 0.2) is 0 Å². The van der Waals surface area contributed by atoms with E-state index in [1.807, 2.05) is 42.5 Å². The Bertz CT molecular complexity index is 889. The van der Waals surface area contributed by atoms with Crippen molar-refractivity contribution in [3.05, 3.63) is 54.4 Å². The first-order chi connectivity index (χ1) is 12.7. The molecule has 3 aromatic rings. The van der Waals surface area contributed by atoms with E-state index in [4.69, 9.17) is 0 Å². The van der Waals surface area contributed by atoms with Gasteiger partial charge >= 0.3 is 0 Å². The third kappa shape index (κ3) is 3.43. The van der Waals surface area contributed by atoms with Crippen molar-refractivity contribution in [1.82, 2.24) is 25.3 Å². The molecule has 0 radical (unpaired) electrons. The summed E-state index contributed by atoms with van der Waals surface area (Å²) in [5.41, 5.74) is 2.58. The predicted molar refractivity (Wildman–Crippen MR) is 96.0 cm³/mol. The average molecular weight is 351 g/mol. The number of fused-ring (bicyclic) bond motifs is 1. The molecule has 2 heterocycles. The molecule has 1 saturated carbocycles. The van der Waals surface area contributed by atoms with Crippen LogP contribution in [0.25, 0.3) is 11.0 Å². The van der Waals surface area contributed by atoms with Gasteiger partial charge in [-0.3, -0.25) is 9.78 Å². The summed E-state index contributed by atoms with van der Waals surface area (Å²) < 4.78 is 1.75. The average Bonchev–Trinajstić information content (AvgIpc) is 3.06. The fraction of sp³-hybridized carbons (Fsp3) is 0.368. The molecule has 1 aromatic carbocycles. The maximum Gasteiger partial charge on any atom is 0.222 e. The molecule has 7 heteroatoms. The second-order valence-electron chi connectivity index (χ2n) is 6.74. The number of rotatable bonds is 6. The minimum atomic E-state index is -0.273. The number of nitrogens with zero attached hydrogens (tertiary/aromatic N) is 4. The van der Waals surface area contributed by atoms with Gasteiger partial charge in [-0.05, 0) is 43.0 Å². The monoisotopic (exact) mass is 351 g/mol. The summed E-state index contributed by atoms with van der Waals surface area (Å²) in [4.78, 5) is 16.9. The maximum absolute atomic E-state index is 12.5. The van der Waals surface area contributed by atoms with Gasteiger partial charge < -0.3 is 10.4 Å². The predicted octanol–water partition coefficient (Wildman–Crippen LogP) is 1.84. The molecule has 1 amide bonds. The first-order valence-electron chi connectivity index (χ1n) is 8.87. The van der Waals surface area contributed by atoms with Crippen LogP contribution < -0.4 is 5.32 Å². The molecule has 2 N–H and O–H groups in total. The van der Waals surface area contributed by atoms with E-state index in [9.17, 15) is 9.90 Å². The summed E-state index contributed by atoms with van der Waals surface area (Å²) in [6.07, 6.45) is 3.14. The highest BCUT2D eigenvalue weighted by atomic mass is 16.3. The molecule has 1 unspecified atom stereocenters. The number of hydrogen-bond acceptors (Lipinski definition) is 5. The van der Waals surface area contributed by atoms with Gasteiger partial charge in [-0.2, -0.15) is 0 Å². The fourth-order valence-electron chi connectivity index (χ4n) is 3.43. The summed E-state index contributed by atoms with van der Waals surface area (Å²) in [6, 6.07) is 13.2. The van der Waals surface area contributed by atoms with E-state index in [1.165, 1.54) is 0 Å². The largest absolute Gasteiger partial charge is 0.393 e. The second kappa shape index (κ2) is 7.21. The van der Waals surface area contributed by atoms with Gasteiger partial charge in [0, 0.05) is 12.6 Å². The van der Waals surface area contributed by atoms with Gasteiger partial charge in [0.05, 0.1) is 29.9 Å². The summed E-state index contributed by atoms with van der Waals surface area (Å²) >= 11 is 0. The highest BCUT2D eigenvalue weighted by molar-refractivity contribution is 5.77. The Labute approximate surface area is 151 Å².